The molecule has 0 radical (unpaired) electrons. The van der Waals surface area contributed by atoms with Crippen molar-refractivity contribution < 1.29 is 9.59 Å². The molecule has 1 unspecified atom stereocenters. The van der Waals surface area contributed by atoms with Crippen molar-refractivity contribution in [2.24, 2.45) is 11.8 Å². The Morgan fingerprint density at radius 1 is 1.28 bits per heavy atom. The quantitative estimate of drug-likeness (QED) is 0.376. The van der Waals surface area contributed by atoms with Crippen LogP contribution in [0.4, 0.5) is 0 Å². The summed E-state index contributed by atoms with van der Waals surface area (Å²) in [6.45, 7) is 6.84. The third-order valence-corrected chi connectivity index (χ3v) is 2.78. The van der Waals surface area contributed by atoms with Crippen molar-refractivity contribution >= 4 is 11.8 Å². The summed E-state index contributed by atoms with van der Waals surface area (Å²) in [7, 11) is 3.42. The van der Waals surface area contributed by atoms with E-state index in [1.807, 2.05) is 25.7 Å². The van der Waals surface area contributed by atoms with E-state index in [0.29, 0.717) is 6.54 Å². The molecule has 3 N–H and O–H groups in total. The number of amides is 2. The fraction of sp³-hybridized carbons (Fsp3) is 0.833. The van der Waals surface area contributed by atoms with E-state index in [0.717, 1.165) is 6.42 Å². The molecular weight excluding hydrogens is 232 g/mol. The highest BCUT2D eigenvalue weighted by Gasteiger charge is 2.29. The van der Waals surface area contributed by atoms with Crippen LogP contribution in [0.15, 0.2) is 0 Å². The second-order valence-electron chi connectivity index (χ2n) is 4.96. The maximum atomic E-state index is 11.8. The Kier molecular flexibility index (Phi) is 7.54. The van der Waals surface area contributed by atoms with Crippen molar-refractivity contribution in [1.82, 2.24) is 15.2 Å². The van der Waals surface area contributed by atoms with Gasteiger partial charge in [0.2, 0.25) is 5.91 Å². The SMILES string of the molecule is CCCN(CC(=O)N(C)C)C(C(=O)NN)C(C)C. The molecule has 18 heavy (non-hydrogen) atoms. The van der Waals surface area contributed by atoms with E-state index in [1.165, 1.54) is 4.90 Å². The third kappa shape index (κ3) is 5.01. The van der Waals surface area contributed by atoms with Crippen molar-refractivity contribution in [2.45, 2.75) is 33.2 Å². The lowest BCUT2D eigenvalue weighted by Crippen LogP contribution is -2.54. The molecule has 0 heterocycles. The summed E-state index contributed by atoms with van der Waals surface area (Å²) in [4.78, 5) is 27.0. The van der Waals surface area contributed by atoms with E-state index >= 15 is 0 Å². The van der Waals surface area contributed by atoms with Gasteiger partial charge in [0.15, 0.2) is 0 Å². The summed E-state index contributed by atoms with van der Waals surface area (Å²) in [6, 6.07) is -0.376. The number of nitrogens with two attached hydrogens (primary N) is 1. The fourth-order valence-corrected chi connectivity index (χ4v) is 1.89. The monoisotopic (exact) mass is 258 g/mol. The molecule has 0 aliphatic rings. The number of carbonyl (C=O) groups excluding carboxylic acids is 2. The van der Waals surface area contributed by atoms with Gasteiger partial charge in [-0.1, -0.05) is 20.8 Å². The molecule has 1 atom stereocenters. The highest BCUT2D eigenvalue weighted by atomic mass is 16.2. The zero-order valence-corrected chi connectivity index (χ0v) is 12.1. The van der Waals surface area contributed by atoms with Crippen LogP contribution in [0.25, 0.3) is 0 Å². The molecule has 0 aliphatic carbocycles. The largest absolute Gasteiger partial charge is 0.348 e. The zero-order valence-electron chi connectivity index (χ0n) is 12.1. The second kappa shape index (κ2) is 8.05. The second-order valence-corrected chi connectivity index (χ2v) is 4.96. The molecule has 0 spiro atoms. The zero-order chi connectivity index (χ0) is 14.3. The van der Waals surface area contributed by atoms with Gasteiger partial charge in [0.1, 0.15) is 0 Å². The van der Waals surface area contributed by atoms with Crippen LogP contribution in [0.1, 0.15) is 27.2 Å². The minimum absolute atomic E-state index is 0.0149. The smallest absolute Gasteiger partial charge is 0.251 e. The Morgan fingerprint density at radius 2 is 1.83 bits per heavy atom. The van der Waals surface area contributed by atoms with Crippen molar-refractivity contribution in [1.29, 1.82) is 0 Å². The molecule has 0 saturated carbocycles. The van der Waals surface area contributed by atoms with Gasteiger partial charge in [-0.3, -0.25) is 19.9 Å². The summed E-state index contributed by atoms with van der Waals surface area (Å²) in [5, 5.41) is 0. The van der Waals surface area contributed by atoms with Crippen LogP contribution in [-0.4, -0.2) is 54.8 Å². The number of hydrogen-bond donors (Lipinski definition) is 2. The van der Waals surface area contributed by atoms with Gasteiger partial charge < -0.3 is 4.90 Å². The van der Waals surface area contributed by atoms with Crippen LogP contribution in [0.5, 0.6) is 0 Å². The van der Waals surface area contributed by atoms with Crippen molar-refractivity contribution in [3.05, 3.63) is 0 Å². The van der Waals surface area contributed by atoms with Crippen molar-refractivity contribution in [3.63, 3.8) is 0 Å². The summed E-state index contributed by atoms with van der Waals surface area (Å²) >= 11 is 0. The number of carbonyl (C=O) groups is 2. The van der Waals surface area contributed by atoms with Crippen LogP contribution in [0.3, 0.4) is 0 Å². The maximum Gasteiger partial charge on any atom is 0.251 e. The topological polar surface area (TPSA) is 78.7 Å². The van der Waals surface area contributed by atoms with Crippen LogP contribution in [0.2, 0.25) is 0 Å². The Labute approximate surface area is 109 Å². The molecule has 0 rings (SSSR count). The average molecular weight is 258 g/mol. The van der Waals surface area contributed by atoms with E-state index in [2.05, 4.69) is 5.43 Å². The molecule has 106 valence electrons. The first-order valence-corrected chi connectivity index (χ1v) is 6.29. The lowest BCUT2D eigenvalue weighted by atomic mass is 10.0. The Morgan fingerprint density at radius 3 is 2.17 bits per heavy atom. The van der Waals surface area contributed by atoms with Gasteiger partial charge in [-0.05, 0) is 18.9 Å². The third-order valence-electron chi connectivity index (χ3n) is 2.78. The molecular formula is C12H26N4O2. The predicted molar refractivity (Wildman–Crippen MR) is 71.5 cm³/mol. The number of hydrazine groups is 1. The summed E-state index contributed by atoms with van der Waals surface area (Å²) < 4.78 is 0. The van der Waals surface area contributed by atoms with Crippen LogP contribution >= 0.6 is 0 Å². The highest BCUT2D eigenvalue weighted by molar-refractivity contribution is 5.83. The minimum atomic E-state index is -0.376. The Balaban J connectivity index is 4.91. The molecule has 6 nitrogen and oxygen atoms in total. The Bertz CT molecular complexity index is 279. The van der Waals surface area contributed by atoms with Gasteiger partial charge >= 0.3 is 0 Å². The average Bonchev–Trinajstić information content (AvgIpc) is 2.28. The standard InChI is InChI=1S/C12H26N4O2/c1-6-7-16(8-10(17)15(4)5)11(9(2)3)12(18)14-13/h9,11H,6-8,13H2,1-5H3,(H,14,18). The lowest BCUT2D eigenvalue weighted by molar-refractivity contribution is -0.134. The molecule has 0 aromatic carbocycles. The number of nitrogens with zero attached hydrogens (tertiary/aromatic N) is 2. The summed E-state index contributed by atoms with van der Waals surface area (Å²) in [5.41, 5.74) is 2.18. The molecule has 6 heteroatoms. The minimum Gasteiger partial charge on any atom is -0.348 e. The maximum absolute atomic E-state index is 11.8. The molecule has 2 amide bonds. The van der Waals surface area contributed by atoms with Gasteiger partial charge in [0.25, 0.3) is 5.91 Å². The van der Waals surface area contributed by atoms with E-state index < -0.39 is 0 Å². The molecule has 0 aliphatic heterocycles. The van der Waals surface area contributed by atoms with Gasteiger partial charge in [-0.15, -0.1) is 0 Å². The number of nitrogens with one attached hydrogen (secondary N) is 1. The summed E-state index contributed by atoms with van der Waals surface area (Å²) in [5.74, 6) is 5.05. The Hall–Kier alpha value is -1.14. The predicted octanol–water partition coefficient (Wildman–Crippen LogP) is -0.199. The van der Waals surface area contributed by atoms with Gasteiger partial charge in [-0.25, -0.2) is 5.84 Å². The van der Waals surface area contributed by atoms with Crippen LogP contribution in [0, 0.1) is 5.92 Å². The molecule has 0 aromatic rings. The first-order valence-electron chi connectivity index (χ1n) is 6.29. The number of rotatable bonds is 7. The molecule has 0 aromatic heterocycles. The van der Waals surface area contributed by atoms with Gasteiger partial charge in [0.05, 0.1) is 12.6 Å². The molecule has 0 fully saturated rings. The van der Waals surface area contributed by atoms with Crippen molar-refractivity contribution in [3.8, 4) is 0 Å². The van der Waals surface area contributed by atoms with Crippen LogP contribution < -0.4 is 11.3 Å². The van der Waals surface area contributed by atoms with Crippen molar-refractivity contribution in [2.75, 3.05) is 27.2 Å². The van der Waals surface area contributed by atoms with Gasteiger partial charge in [0, 0.05) is 14.1 Å². The fourth-order valence-electron chi connectivity index (χ4n) is 1.89. The number of likely N-dealkylation sites (N-methyl/N-ethyl adjacent to an activating group) is 1. The van der Waals surface area contributed by atoms with E-state index in [1.54, 1.807) is 14.1 Å². The lowest BCUT2D eigenvalue weighted by Gasteiger charge is -2.32. The first kappa shape index (κ1) is 16.9. The molecule has 0 bridgehead atoms. The van der Waals surface area contributed by atoms with E-state index in [-0.39, 0.29) is 30.3 Å². The van der Waals surface area contributed by atoms with E-state index in [4.69, 9.17) is 5.84 Å². The van der Waals surface area contributed by atoms with E-state index in [9.17, 15) is 9.59 Å². The van der Waals surface area contributed by atoms with Crippen LogP contribution in [-0.2, 0) is 9.59 Å². The molecule has 0 saturated heterocycles. The first-order chi connectivity index (χ1) is 8.34. The van der Waals surface area contributed by atoms with Gasteiger partial charge in [-0.2, -0.15) is 0 Å². The summed E-state index contributed by atoms with van der Waals surface area (Å²) in [6.07, 6.45) is 0.877. The normalized spacial score (nSPS) is 12.7. The number of hydrogen-bond acceptors (Lipinski definition) is 4. The highest BCUT2D eigenvalue weighted by Crippen LogP contribution is 2.12.